The van der Waals surface area contributed by atoms with Crippen molar-refractivity contribution in [3.05, 3.63) is 48.1 Å². The first kappa shape index (κ1) is 36.6. The summed E-state index contributed by atoms with van der Waals surface area (Å²) < 4.78 is 23.2. The third-order valence-electron chi connectivity index (χ3n) is 10.0. The van der Waals surface area contributed by atoms with E-state index >= 15 is 0 Å². The number of aliphatic hydroxyl groups excluding tert-OH is 1. The summed E-state index contributed by atoms with van der Waals surface area (Å²) >= 11 is 0. The number of epoxide rings is 1. The molecule has 0 radical (unpaired) electrons. The first-order valence-electron chi connectivity index (χ1n) is 17.2. The molecule has 13 nitrogen and oxygen atoms in total. The van der Waals surface area contributed by atoms with Crippen molar-refractivity contribution in [2.24, 2.45) is 5.92 Å². The molecule has 0 aromatic heterocycles. The summed E-state index contributed by atoms with van der Waals surface area (Å²) in [6.07, 6.45) is 11.6. The number of rotatable bonds is 12. The molecule has 4 fully saturated rings. The molecule has 3 N–H and O–H groups in total. The van der Waals surface area contributed by atoms with Crippen molar-refractivity contribution in [1.82, 2.24) is 15.5 Å². The Labute approximate surface area is 287 Å². The minimum absolute atomic E-state index is 0.0347. The second-order valence-corrected chi connectivity index (χ2v) is 14.1. The maximum Gasteiger partial charge on any atom is 0.303 e. The van der Waals surface area contributed by atoms with Crippen LogP contribution >= 0.6 is 0 Å². The molecule has 4 amide bonds. The van der Waals surface area contributed by atoms with Crippen LogP contribution in [0.25, 0.3) is 0 Å². The molecule has 1 aliphatic carbocycles. The zero-order chi connectivity index (χ0) is 35.5. The standard InChI is InChI=1S/C36H49N3O10/c1-20(6-9-29-21(2)14-28(23(4)48-29)38-31(41)11-8-22(3)47-24(5)40)7-10-30-35(45)36(19-46-36)18-27(49-30)17-32(42)37-25-15-26(16-25)39-33(43)12-13-34(39)44/h6-8,10-13,21-23,25-30,35,45H,9,14-19H2,1-5H3,(H,37,42)(H,38,41)/b10-7+,11-8?,20-6+/t21-,22?,23+,25?,26?,27+,28+,29-,30+,35+,36+/m0/s1. The van der Waals surface area contributed by atoms with Crippen LogP contribution in [0.1, 0.15) is 73.1 Å². The van der Waals surface area contributed by atoms with Gasteiger partial charge in [-0.2, -0.15) is 0 Å². The lowest BCUT2D eigenvalue weighted by atomic mass is 9.84. The van der Waals surface area contributed by atoms with Gasteiger partial charge in [-0.1, -0.05) is 30.7 Å². The van der Waals surface area contributed by atoms with Crippen molar-refractivity contribution in [3.63, 3.8) is 0 Å². The van der Waals surface area contributed by atoms with Crippen molar-refractivity contribution >= 4 is 29.6 Å². The fraction of sp³-hybridized carbons (Fsp3) is 0.639. The number of carbonyl (C=O) groups is 5. The van der Waals surface area contributed by atoms with Crippen molar-refractivity contribution < 1.29 is 48.0 Å². The number of esters is 1. The van der Waals surface area contributed by atoms with Gasteiger partial charge < -0.3 is 34.7 Å². The van der Waals surface area contributed by atoms with Gasteiger partial charge in [-0.25, -0.2) is 0 Å². The van der Waals surface area contributed by atoms with Crippen molar-refractivity contribution in [2.75, 3.05) is 6.61 Å². The van der Waals surface area contributed by atoms with Crippen molar-refractivity contribution in [3.8, 4) is 0 Å². The number of hydrogen-bond acceptors (Lipinski definition) is 10. The van der Waals surface area contributed by atoms with E-state index in [1.165, 1.54) is 30.1 Å². The lowest BCUT2D eigenvalue weighted by Gasteiger charge is -2.41. The lowest BCUT2D eigenvalue weighted by Crippen LogP contribution is -2.56. The van der Waals surface area contributed by atoms with Crippen molar-refractivity contribution in [1.29, 1.82) is 0 Å². The molecule has 9 atom stereocenters. The summed E-state index contributed by atoms with van der Waals surface area (Å²) in [5.41, 5.74) is 0.252. The highest BCUT2D eigenvalue weighted by Gasteiger charge is 2.58. The van der Waals surface area contributed by atoms with Crippen LogP contribution in [0.5, 0.6) is 0 Å². The van der Waals surface area contributed by atoms with Gasteiger partial charge >= 0.3 is 5.97 Å². The molecule has 4 heterocycles. The Kier molecular flexibility index (Phi) is 11.6. The number of nitrogens with one attached hydrogen (secondary N) is 2. The van der Waals surface area contributed by atoms with Gasteiger partial charge in [0.2, 0.25) is 11.8 Å². The minimum atomic E-state index is -0.859. The second-order valence-electron chi connectivity index (χ2n) is 14.1. The number of ether oxygens (including phenoxy) is 4. The van der Waals surface area contributed by atoms with Crippen molar-refractivity contribution in [2.45, 2.75) is 133 Å². The molecule has 1 unspecified atom stereocenters. The fourth-order valence-electron chi connectivity index (χ4n) is 7.07. The molecule has 1 saturated carbocycles. The van der Waals surface area contributed by atoms with E-state index in [2.05, 4.69) is 23.6 Å². The van der Waals surface area contributed by atoms with Gasteiger partial charge in [-0.3, -0.25) is 28.9 Å². The molecule has 4 aliphatic heterocycles. The van der Waals surface area contributed by atoms with Crippen LogP contribution in [-0.2, 0) is 42.9 Å². The second kappa shape index (κ2) is 15.5. The number of nitrogens with zero attached hydrogens (tertiary/aromatic N) is 1. The van der Waals surface area contributed by atoms with E-state index < -0.39 is 36.0 Å². The van der Waals surface area contributed by atoms with Crippen LogP contribution in [0.3, 0.4) is 0 Å². The summed E-state index contributed by atoms with van der Waals surface area (Å²) in [7, 11) is 0. The molecule has 13 heteroatoms. The number of amides is 4. The Morgan fingerprint density at radius 3 is 2.43 bits per heavy atom. The van der Waals surface area contributed by atoms with E-state index in [9.17, 15) is 29.1 Å². The fourth-order valence-corrected chi connectivity index (χ4v) is 7.07. The summed E-state index contributed by atoms with van der Waals surface area (Å²) in [6.45, 7) is 9.43. The smallest absolute Gasteiger partial charge is 0.303 e. The number of aliphatic hydroxyl groups is 1. The summed E-state index contributed by atoms with van der Waals surface area (Å²) in [6, 6.07) is -0.462. The number of hydrogen-bond donors (Lipinski definition) is 3. The van der Waals surface area contributed by atoms with E-state index in [0.717, 1.165) is 12.0 Å². The number of carbonyl (C=O) groups excluding carboxylic acids is 5. The topological polar surface area (TPSA) is 173 Å². The van der Waals surface area contributed by atoms with E-state index in [1.54, 1.807) is 13.0 Å². The molecule has 5 rings (SSSR count). The van der Waals surface area contributed by atoms with Gasteiger partial charge in [0.25, 0.3) is 11.8 Å². The first-order chi connectivity index (χ1) is 23.2. The molecule has 5 aliphatic rings. The van der Waals surface area contributed by atoms with E-state index in [0.29, 0.717) is 32.3 Å². The Hall–Kier alpha value is -3.65. The molecule has 0 aromatic carbocycles. The zero-order valence-electron chi connectivity index (χ0n) is 28.8. The van der Waals surface area contributed by atoms with Crippen LogP contribution in [-0.4, -0.2) is 107 Å². The molecule has 3 saturated heterocycles. The quantitative estimate of drug-likeness (QED) is 0.0908. The maximum atomic E-state index is 12.9. The Bertz CT molecular complexity index is 1390. The average molecular weight is 684 g/mol. The molecule has 268 valence electrons. The predicted molar refractivity (Wildman–Crippen MR) is 176 cm³/mol. The summed E-state index contributed by atoms with van der Waals surface area (Å²) in [5, 5.41) is 17.0. The molecule has 1 spiro atoms. The van der Waals surface area contributed by atoms with Crippen LogP contribution in [0.2, 0.25) is 0 Å². The van der Waals surface area contributed by atoms with Crippen LogP contribution < -0.4 is 10.6 Å². The van der Waals surface area contributed by atoms with E-state index in [4.69, 9.17) is 18.9 Å². The van der Waals surface area contributed by atoms with Gasteiger partial charge in [0.15, 0.2) is 0 Å². The van der Waals surface area contributed by atoms with E-state index in [-0.39, 0.29) is 66.3 Å². The summed E-state index contributed by atoms with van der Waals surface area (Å²) in [5.74, 6) is -1.28. The predicted octanol–water partition coefficient (Wildman–Crippen LogP) is 1.93. The largest absolute Gasteiger partial charge is 0.459 e. The van der Waals surface area contributed by atoms with Gasteiger partial charge in [0, 0.05) is 43.7 Å². The maximum absolute atomic E-state index is 12.9. The molecule has 49 heavy (non-hydrogen) atoms. The molecular formula is C36H49N3O10. The SMILES string of the molecule is CC(=O)OC(C)C=CC(=O)N[C@@H]1C[C@H](C)[C@H](C/C=C(C)/C=C/[C@H]2O[C@H](CC(=O)NC3CC(N4C(=O)C=CC4=O)C3)C[C@@]3(CO3)[C@@H]2O)O[C@@H]1C. The normalized spacial score (nSPS) is 36.7. The summed E-state index contributed by atoms with van der Waals surface area (Å²) in [4.78, 5) is 61.4. The van der Waals surface area contributed by atoms with Crippen LogP contribution in [0, 0.1) is 5.92 Å². The Morgan fingerprint density at radius 1 is 1.08 bits per heavy atom. The number of allylic oxidation sites excluding steroid dienone is 2. The third kappa shape index (κ3) is 9.33. The minimum Gasteiger partial charge on any atom is -0.459 e. The highest BCUT2D eigenvalue weighted by atomic mass is 16.6. The Balaban J connectivity index is 1.07. The highest BCUT2D eigenvalue weighted by Crippen LogP contribution is 2.43. The Morgan fingerprint density at radius 2 is 1.78 bits per heavy atom. The lowest BCUT2D eigenvalue weighted by molar-refractivity contribution is -0.146. The van der Waals surface area contributed by atoms with Crippen LogP contribution in [0.4, 0.5) is 0 Å². The number of imide groups is 1. The van der Waals surface area contributed by atoms with Gasteiger partial charge in [-0.15, -0.1) is 0 Å². The third-order valence-corrected chi connectivity index (χ3v) is 10.0. The highest BCUT2D eigenvalue weighted by molar-refractivity contribution is 6.13. The van der Waals surface area contributed by atoms with Gasteiger partial charge in [0.05, 0.1) is 37.4 Å². The zero-order valence-corrected chi connectivity index (χ0v) is 28.8. The monoisotopic (exact) mass is 683 g/mol. The van der Waals surface area contributed by atoms with Gasteiger partial charge in [0.1, 0.15) is 23.9 Å². The first-order valence-corrected chi connectivity index (χ1v) is 17.2. The molecule has 0 bridgehead atoms. The van der Waals surface area contributed by atoms with E-state index in [1.807, 2.05) is 26.0 Å². The molecular weight excluding hydrogens is 634 g/mol. The molecule has 0 aromatic rings. The van der Waals surface area contributed by atoms with Gasteiger partial charge in [-0.05, 0) is 58.4 Å². The average Bonchev–Trinajstić information content (AvgIpc) is 3.71. The van der Waals surface area contributed by atoms with Crippen LogP contribution in [0.15, 0.2) is 48.1 Å².